The van der Waals surface area contributed by atoms with Gasteiger partial charge in [-0.05, 0) is 29.8 Å². The normalized spacial score (nSPS) is 10.0. The Balaban J connectivity index is 2.00. The molecular weight excluding hydrogens is 306 g/mol. The largest absolute Gasteiger partial charge is 0.340 e. The van der Waals surface area contributed by atoms with Crippen LogP contribution in [0.2, 0.25) is 0 Å². The molecule has 0 aliphatic carbocycles. The number of nitrogens with zero attached hydrogens (tertiary/aromatic N) is 1. The third kappa shape index (κ3) is 4.95. The number of anilines is 1. The second kappa shape index (κ2) is 7.92. The third-order valence-electron chi connectivity index (χ3n) is 3.40. The van der Waals surface area contributed by atoms with E-state index in [0.29, 0.717) is 17.9 Å². The molecule has 2 rings (SSSR count). The fourth-order valence-corrected chi connectivity index (χ4v) is 2.19. The maximum Gasteiger partial charge on any atom is 0.248 e. The van der Waals surface area contributed by atoms with Gasteiger partial charge in [-0.15, -0.1) is 0 Å². The molecule has 1 aromatic heterocycles. The van der Waals surface area contributed by atoms with Crippen molar-refractivity contribution in [3.8, 4) is 0 Å². The van der Waals surface area contributed by atoms with Gasteiger partial charge in [0, 0.05) is 24.5 Å². The summed E-state index contributed by atoms with van der Waals surface area (Å²) in [5.74, 6) is -0.393. The van der Waals surface area contributed by atoms with E-state index in [9.17, 15) is 14.4 Å². The average molecular weight is 325 g/mol. The van der Waals surface area contributed by atoms with Crippen molar-refractivity contribution in [3.63, 3.8) is 0 Å². The van der Waals surface area contributed by atoms with Crippen molar-refractivity contribution in [2.75, 3.05) is 12.4 Å². The zero-order valence-corrected chi connectivity index (χ0v) is 13.4. The number of rotatable bonds is 6. The van der Waals surface area contributed by atoms with Crippen molar-refractivity contribution in [3.05, 3.63) is 76.7 Å². The lowest BCUT2D eigenvalue weighted by Gasteiger charge is -2.17. The van der Waals surface area contributed by atoms with E-state index in [0.717, 1.165) is 5.56 Å². The van der Waals surface area contributed by atoms with Crippen molar-refractivity contribution in [2.24, 2.45) is 0 Å². The highest BCUT2D eigenvalue weighted by Crippen LogP contribution is 2.12. The van der Waals surface area contributed by atoms with Crippen LogP contribution in [0.3, 0.4) is 0 Å². The predicted octanol–water partition coefficient (Wildman–Crippen LogP) is 1.70. The Morgan fingerprint density at radius 2 is 2.00 bits per heavy atom. The van der Waals surface area contributed by atoms with Gasteiger partial charge >= 0.3 is 0 Å². The topological polar surface area (TPSA) is 82.3 Å². The van der Waals surface area contributed by atoms with Gasteiger partial charge in [0.1, 0.15) is 0 Å². The Bertz CT molecular complexity index is 811. The highest BCUT2D eigenvalue weighted by molar-refractivity contribution is 5.98. The summed E-state index contributed by atoms with van der Waals surface area (Å²) in [4.78, 5) is 39.2. The van der Waals surface area contributed by atoms with Crippen molar-refractivity contribution >= 4 is 17.5 Å². The van der Waals surface area contributed by atoms with E-state index in [2.05, 4.69) is 16.9 Å². The van der Waals surface area contributed by atoms with Crippen LogP contribution in [-0.2, 0) is 22.6 Å². The summed E-state index contributed by atoms with van der Waals surface area (Å²) in [6.07, 6.45) is 1.39. The van der Waals surface area contributed by atoms with Crippen LogP contribution in [0.25, 0.3) is 0 Å². The fraction of sp³-hybridized carbons (Fsp3) is 0.167. The summed E-state index contributed by atoms with van der Waals surface area (Å²) in [7, 11) is 1.68. The molecule has 0 atom stereocenters. The lowest BCUT2D eigenvalue weighted by molar-refractivity contribution is -0.129. The number of pyridine rings is 1. The maximum absolute atomic E-state index is 12.3. The van der Waals surface area contributed by atoms with E-state index < -0.39 is 0 Å². The molecule has 2 aromatic rings. The molecule has 2 amide bonds. The van der Waals surface area contributed by atoms with Crippen LogP contribution in [0, 0.1) is 0 Å². The lowest BCUT2D eigenvalue weighted by Crippen LogP contribution is -2.28. The fourth-order valence-electron chi connectivity index (χ4n) is 2.19. The van der Waals surface area contributed by atoms with Gasteiger partial charge in [0.15, 0.2) is 0 Å². The molecule has 124 valence electrons. The number of carbonyl (C=O) groups excluding carboxylic acids is 2. The quantitative estimate of drug-likeness (QED) is 0.793. The average Bonchev–Trinajstić information content (AvgIpc) is 2.55. The summed E-state index contributed by atoms with van der Waals surface area (Å²) in [5, 5.41) is 2.66. The molecule has 6 heteroatoms. The molecule has 2 N–H and O–H groups in total. The number of likely N-dealkylation sites (N-methyl/N-ethyl adjacent to an activating group) is 1. The molecule has 0 spiro atoms. The van der Waals surface area contributed by atoms with Crippen molar-refractivity contribution in [1.82, 2.24) is 9.88 Å². The van der Waals surface area contributed by atoms with Gasteiger partial charge in [-0.25, -0.2) is 0 Å². The van der Waals surface area contributed by atoms with Crippen LogP contribution < -0.4 is 10.9 Å². The number of carbonyl (C=O) groups is 2. The third-order valence-corrected chi connectivity index (χ3v) is 3.40. The first-order valence-corrected chi connectivity index (χ1v) is 7.42. The lowest BCUT2D eigenvalue weighted by atomic mass is 10.1. The van der Waals surface area contributed by atoms with E-state index >= 15 is 0 Å². The Morgan fingerprint density at radius 3 is 2.71 bits per heavy atom. The molecule has 24 heavy (non-hydrogen) atoms. The molecule has 0 fully saturated rings. The van der Waals surface area contributed by atoms with Crippen LogP contribution in [0.1, 0.15) is 11.3 Å². The second-order valence-electron chi connectivity index (χ2n) is 5.36. The summed E-state index contributed by atoms with van der Waals surface area (Å²) in [6, 6.07) is 11.9. The first-order chi connectivity index (χ1) is 11.5. The molecule has 1 aromatic carbocycles. The van der Waals surface area contributed by atoms with Crippen molar-refractivity contribution in [2.45, 2.75) is 13.0 Å². The molecule has 0 saturated carbocycles. The predicted molar refractivity (Wildman–Crippen MR) is 92.5 cm³/mol. The molecule has 0 aliphatic heterocycles. The molecule has 0 saturated heterocycles. The number of benzene rings is 1. The minimum absolute atomic E-state index is 0.0908. The molecule has 1 heterocycles. The number of hydrogen-bond donors (Lipinski definition) is 2. The van der Waals surface area contributed by atoms with Gasteiger partial charge in [0.05, 0.1) is 13.0 Å². The first kappa shape index (κ1) is 17.2. The number of aromatic amines is 1. The van der Waals surface area contributed by atoms with Crippen molar-refractivity contribution < 1.29 is 9.59 Å². The first-order valence-electron chi connectivity index (χ1n) is 7.42. The van der Waals surface area contributed by atoms with E-state index in [1.165, 1.54) is 12.1 Å². The number of nitrogens with one attached hydrogen (secondary N) is 2. The molecule has 0 unspecified atom stereocenters. The van der Waals surface area contributed by atoms with Crippen LogP contribution in [0.15, 0.2) is 59.9 Å². The SMILES string of the molecule is C=CC(=O)Nc1cccc(CC(=O)N(C)Cc2cccc(=O)[nH]2)c1. The second-order valence-corrected chi connectivity index (χ2v) is 5.36. The van der Waals surface area contributed by atoms with Gasteiger partial charge in [0.25, 0.3) is 0 Å². The van der Waals surface area contributed by atoms with Crippen LogP contribution in [0.4, 0.5) is 5.69 Å². The number of aromatic nitrogens is 1. The highest BCUT2D eigenvalue weighted by Gasteiger charge is 2.11. The van der Waals surface area contributed by atoms with Gasteiger partial charge in [-0.1, -0.05) is 24.8 Å². The highest BCUT2D eigenvalue weighted by atomic mass is 16.2. The Kier molecular flexibility index (Phi) is 5.68. The van der Waals surface area contributed by atoms with Gasteiger partial charge in [0.2, 0.25) is 17.4 Å². The van der Waals surface area contributed by atoms with Crippen LogP contribution in [-0.4, -0.2) is 28.7 Å². The minimum atomic E-state index is -0.302. The number of H-pyrrole nitrogens is 1. The van der Waals surface area contributed by atoms with Crippen LogP contribution >= 0.6 is 0 Å². The summed E-state index contributed by atoms with van der Waals surface area (Å²) < 4.78 is 0. The molecule has 0 aliphatic rings. The summed E-state index contributed by atoms with van der Waals surface area (Å²) in [6.45, 7) is 3.72. The summed E-state index contributed by atoms with van der Waals surface area (Å²) >= 11 is 0. The monoisotopic (exact) mass is 325 g/mol. The zero-order valence-electron chi connectivity index (χ0n) is 13.4. The van der Waals surface area contributed by atoms with Gasteiger partial charge in [-0.2, -0.15) is 0 Å². The van der Waals surface area contributed by atoms with Crippen molar-refractivity contribution in [1.29, 1.82) is 0 Å². The van der Waals surface area contributed by atoms with Gasteiger partial charge < -0.3 is 15.2 Å². The minimum Gasteiger partial charge on any atom is -0.340 e. The zero-order chi connectivity index (χ0) is 17.5. The van der Waals surface area contributed by atoms with Gasteiger partial charge in [-0.3, -0.25) is 14.4 Å². The van der Waals surface area contributed by atoms with E-state index in [1.807, 2.05) is 6.07 Å². The molecule has 0 radical (unpaired) electrons. The molecular formula is C18H19N3O3. The van der Waals surface area contributed by atoms with Crippen LogP contribution in [0.5, 0.6) is 0 Å². The number of amides is 2. The smallest absolute Gasteiger partial charge is 0.248 e. The van der Waals surface area contributed by atoms with E-state index in [-0.39, 0.29) is 23.8 Å². The molecule has 0 bridgehead atoms. The Morgan fingerprint density at radius 1 is 1.25 bits per heavy atom. The van der Waals surface area contributed by atoms with E-state index in [4.69, 9.17) is 0 Å². The molecule has 6 nitrogen and oxygen atoms in total. The maximum atomic E-state index is 12.3. The standard InChI is InChI=1S/C18H19N3O3/c1-3-16(22)19-14-7-4-6-13(10-14)11-18(24)21(2)12-15-8-5-9-17(23)20-15/h3-10H,1,11-12H2,2H3,(H,19,22)(H,20,23). The Labute approximate surface area is 139 Å². The van der Waals surface area contributed by atoms with E-state index in [1.54, 1.807) is 42.3 Å². The Hall–Kier alpha value is -3.15. The summed E-state index contributed by atoms with van der Waals surface area (Å²) in [5.41, 5.74) is 1.87. The number of hydrogen-bond acceptors (Lipinski definition) is 3.